The van der Waals surface area contributed by atoms with Crippen LogP contribution in [-0.2, 0) is 47.7 Å². The molecule has 1 atom stereocenters. The molecule has 0 unspecified atom stereocenters. The van der Waals surface area contributed by atoms with Crippen LogP contribution < -0.4 is 27.0 Å². The molecule has 4 amide bonds. The minimum atomic E-state index is -1.13. The van der Waals surface area contributed by atoms with E-state index in [1.807, 2.05) is 0 Å². The maximum atomic E-state index is 12.2. The molecule has 0 saturated heterocycles. The van der Waals surface area contributed by atoms with Crippen molar-refractivity contribution in [1.82, 2.24) is 21.3 Å². The standard InChI is InChI=1S/C42H79N5O12/c43-33-38(49)45-25-27-56-29-31-58-34-39(50)46-26-28-57-30-32-59-35-40(51)47-36(42(54)55)21-19-20-24-44-37(48)22-17-15-13-11-9-7-5-3-1-2-4-6-8-10-12-14-16-18-23-41(52)53/h36H,1-35,43H2,(H,44,48)(H,45,49)(H,46,50)(H,47,51)(H,52,53)(H,54,55)/t36-/m0/s1. The Labute approximate surface area is 352 Å². The molecule has 59 heavy (non-hydrogen) atoms. The average molecular weight is 846 g/mol. The number of carboxylic acids is 2. The van der Waals surface area contributed by atoms with Crippen LogP contribution in [0.15, 0.2) is 0 Å². The minimum absolute atomic E-state index is 0.0139. The van der Waals surface area contributed by atoms with Crippen LogP contribution in [0.5, 0.6) is 0 Å². The Hall–Kier alpha value is -3.38. The smallest absolute Gasteiger partial charge is 0.326 e. The van der Waals surface area contributed by atoms with Gasteiger partial charge in [0.05, 0.1) is 46.2 Å². The summed E-state index contributed by atoms with van der Waals surface area (Å²) in [7, 11) is 0. The molecular formula is C42H79N5O12. The molecule has 0 aromatic carbocycles. The van der Waals surface area contributed by atoms with Crippen LogP contribution in [0.2, 0.25) is 0 Å². The van der Waals surface area contributed by atoms with E-state index in [0.29, 0.717) is 45.4 Å². The van der Waals surface area contributed by atoms with E-state index in [9.17, 15) is 33.9 Å². The van der Waals surface area contributed by atoms with E-state index in [0.717, 1.165) is 38.5 Å². The third-order valence-electron chi connectivity index (χ3n) is 9.45. The first kappa shape index (κ1) is 55.6. The Morgan fingerprint density at radius 2 is 0.831 bits per heavy atom. The Morgan fingerprint density at radius 1 is 0.424 bits per heavy atom. The molecule has 0 spiro atoms. The van der Waals surface area contributed by atoms with Gasteiger partial charge in [0.15, 0.2) is 0 Å². The van der Waals surface area contributed by atoms with Crippen LogP contribution in [-0.4, -0.2) is 131 Å². The highest BCUT2D eigenvalue weighted by Gasteiger charge is 2.19. The first-order chi connectivity index (χ1) is 28.6. The van der Waals surface area contributed by atoms with Crippen molar-refractivity contribution in [3.63, 3.8) is 0 Å². The second-order valence-electron chi connectivity index (χ2n) is 14.8. The summed E-state index contributed by atoms with van der Waals surface area (Å²) in [5.41, 5.74) is 5.18. The van der Waals surface area contributed by atoms with Crippen molar-refractivity contribution in [2.45, 2.75) is 154 Å². The van der Waals surface area contributed by atoms with Crippen molar-refractivity contribution in [2.75, 3.05) is 79.0 Å². The number of hydrogen-bond donors (Lipinski definition) is 7. The topological polar surface area (TPSA) is 254 Å². The van der Waals surface area contributed by atoms with Crippen molar-refractivity contribution in [1.29, 1.82) is 0 Å². The summed E-state index contributed by atoms with van der Waals surface area (Å²) in [4.78, 5) is 69.3. The van der Waals surface area contributed by atoms with E-state index in [4.69, 9.17) is 29.8 Å². The molecule has 0 aliphatic heterocycles. The van der Waals surface area contributed by atoms with E-state index < -0.39 is 23.9 Å². The van der Waals surface area contributed by atoms with Gasteiger partial charge < -0.3 is 56.2 Å². The number of unbranched alkanes of at least 4 members (excludes halogenated alkanes) is 18. The quantitative estimate of drug-likeness (QED) is 0.0429. The largest absolute Gasteiger partial charge is 0.481 e. The van der Waals surface area contributed by atoms with Crippen LogP contribution in [0.3, 0.4) is 0 Å². The van der Waals surface area contributed by atoms with Gasteiger partial charge in [-0.3, -0.25) is 24.0 Å². The number of carbonyl (C=O) groups excluding carboxylic acids is 4. The monoisotopic (exact) mass is 846 g/mol. The lowest BCUT2D eigenvalue weighted by Gasteiger charge is -2.15. The predicted molar refractivity (Wildman–Crippen MR) is 225 cm³/mol. The number of carboxylic acid groups (broad SMARTS) is 2. The number of nitrogens with two attached hydrogens (primary N) is 1. The summed E-state index contributed by atoms with van der Waals surface area (Å²) in [5.74, 6) is -2.92. The van der Waals surface area contributed by atoms with Crippen LogP contribution in [0.25, 0.3) is 0 Å². The highest BCUT2D eigenvalue weighted by Crippen LogP contribution is 2.15. The van der Waals surface area contributed by atoms with Crippen molar-refractivity contribution in [3.8, 4) is 0 Å². The maximum absolute atomic E-state index is 12.2. The highest BCUT2D eigenvalue weighted by molar-refractivity contribution is 5.84. The summed E-state index contributed by atoms with van der Waals surface area (Å²) < 4.78 is 21.1. The second kappa shape index (κ2) is 42.7. The van der Waals surface area contributed by atoms with E-state index in [2.05, 4.69) is 21.3 Å². The lowest BCUT2D eigenvalue weighted by atomic mass is 10.0. The second-order valence-corrected chi connectivity index (χ2v) is 14.8. The van der Waals surface area contributed by atoms with Gasteiger partial charge in [-0.1, -0.05) is 103 Å². The molecule has 0 aliphatic carbocycles. The zero-order chi connectivity index (χ0) is 43.4. The van der Waals surface area contributed by atoms with Crippen molar-refractivity contribution >= 4 is 35.6 Å². The normalized spacial score (nSPS) is 11.5. The third kappa shape index (κ3) is 42.5. The van der Waals surface area contributed by atoms with Gasteiger partial charge in [0, 0.05) is 32.5 Å². The van der Waals surface area contributed by atoms with Crippen LogP contribution in [0.1, 0.15) is 148 Å². The molecule has 0 saturated carbocycles. The maximum Gasteiger partial charge on any atom is 0.326 e. The van der Waals surface area contributed by atoms with Gasteiger partial charge in [-0.05, 0) is 32.1 Å². The number of ether oxygens (including phenoxy) is 4. The first-order valence-electron chi connectivity index (χ1n) is 22.2. The van der Waals surface area contributed by atoms with Gasteiger partial charge in [0.25, 0.3) is 0 Å². The highest BCUT2D eigenvalue weighted by atomic mass is 16.5. The molecule has 8 N–H and O–H groups in total. The molecule has 344 valence electrons. The summed E-state index contributed by atoms with van der Waals surface area (Å²) in [5, 5.41) is 28.7. The Morgan fingerprint density at radius 3 is 1.29 bits per heavy atom. The number of amides is 4. The van der Waals surface area contributed by atoms with Crippen molar-refractivity contribution in [2.24, 2.45) is 5.73 Å². The molecule has 0 rings (SSSR count). The van der Waals surface area contributed by atoms with E-state index in [1.165, 1.54) is 77.0 Å². The predicted octanol–water partition coefficient (Wildman–Crippen LogP) is 3.99. The molecule has 0 heterocycles. The summed E-state index contributed by atoms with van der Waals surface area (Å²) in [6, 6.07) is -1.05. The fourth-order valence-corrected chi connectivity index (χ4v) is 6.09. The molecular weight excluding hydrogens is 766 g/mol. The number of nitrogens with one attached hydrogen (secondary N) is 4. The summed E-state index contributed by atoms with van der Waals surface area (Å²) in [6.07, 6.45) is 23.7. The fourth-order valence-electron chi connectivity index (χ4n) is 6.09. The Balaban J connectivity index is 3.58. The molecule has 17 nitrogen and oxygen atoms in total. The van der Waals surface area contributed by atoms with Crippen molar-refractivity contribution < 1.29 is 57.9 Å². The fraction of sp³-hybridized carbons (Fsp3) is 0.857. The molecule has 0 bridgehead atoms. The molecule has 0 aromatic heterocycles. The van der Waals surface area contributed by atoms with Gasteiger partial charge in [-0.2, -0.15) is 0 Å². The van der Waals surface area contributed by atoms with Gasteiger partial charge in [-0.25, -0.2) is 4.79 Å². The lowest BCUT2D eigenvalue weighted by Crippen LogP contribution is -2.42. The molecule has 0 aromatic rings. The average Bonchev–Trinajstić information content (AvgIpc) is 3.21. The lowest BCUT2D eigenvalue weighted by molar-refractivity contribution is -0.143. The summed E-state index contributed by atoms with van der Waals surface area (Å²) >= 11 is 0. The van der Waals surface area contributed by atoms with Gasteiger partial charge in [0.2, 0.25) is 23.6 Å². The van der Waals surface area contributed by atoms with E-state index >= 15 is 0 Å². The van der Waals surface area contributed by atoms with Gasteiger partial charge in [0.1, 0.15) is 19.3 Å². The molecule has 0 aliphatic rings. The number of aliphatic carboxylic acids is 2. The molecule has 0 radical (unpaired) electrons. The van der Waals surface area contributed by atoms with E-state index in [-0.39, 0.29) is 83.5 Å². The van der Waals surface area contributed by atoms with Crippen molar-refractivity contribution in [3.05, 3.63) is 0 Å². The van der Waals surface area contributed by atoms with Gasteiger partial charge in [-0.15, -0.1) is 0 Å². The Bertz CT molecular complexity index is 1080. The first-order valence-corrected chi connectivity index (χ1v) is 22.2. The molecule has 0 fully saturated rings. The van der Waals surface area contributed by atoms with Crippen LogP contribution >= 0.6 is 0 Å². The zero-order valence-corrected chi connectivity index (χ0v) is 35.9. The zero-order valence-electron chi connectivity index (χ0n) is 35.9. The van der Waals surface area contributed by atoms with Crippen LogP contribution in [0, 0.1) is 0 Å². The third-order valence-corrected chi connectivity index (χ3v) is 9.45. The number of hydrogen-bond acceptors (Lipinski definition) is 11. The van der Waals surface area contributed by atoms with E-state index in [1.54, 1.807) is 0 Å². The van der Waals surface area contributed by atoms with Gasteiger partial charge >= 0.3 is 11.9 Å². The van der Waals surface area contributed by atoms with Crippen LogP contribution in [0.4, 0.5) is 0 Å². The number of rotatable bonds is 45. The summed E-state index contributed by atoms with van der Waals surface area (Å²) in [6.45, 7) is 1.89. The Kier molecular flexibility index (Phi) is 40.3. The minimum Gasteiger partial charge on any atom is -0.481 e. The molecule has 17 heteroatoms. The number of carbonyl (C=O) groups is 6. The SMILES string of the molecule is NCC(=O)NCCOCCOCC(=O)NCCOCCOCC(=O)N[C@@H](CCCCNC(=O)CCCCCCCCCCCCCCCCCCCCC(=O)O)C(=O)O.